The number of sulfonamides is 1. The number of rotatable bonds is 6. The summed E-state index contributed by atoms with van der Waals surface area (Å²) >= 11 is 5.79. The predicted molar refractivity (Wildman–Crippen MR) is 104 cm³/mol. The zero-order valence-corrected chi connectivity index (χ0v) is 16.5. The Labute approximate surface area is 162 Å². The minimum atomic E-state index is -3.77. The number of hydrogen-bond acceptors (Lipinski definition) is 4. The molecule has 27 heavy (non-hydrogen) atoms. The number of nitrogens with one attached hydrogen (secondary N) is 1. The van der Waals surface area contributed by atoms with Crippen LogP contribution in [0.3, 0.4) is 0 Å². The third-order valence-electron chi connectivity index (χ3n) is 4.21. The molecular weight excluding hydrogens is 388 g/mol. The van der Waals surface area contributed by atoms with E-state index in [1.54, 1.807) is 0 Å². The van der Waals surface area contributed by atoms with Crippen molar-refractivity contribution in [3.8, 4) is 0 Å². The Morgan fingerprint density at radius 3 is 2.52 bits per heavy atom. The van der Waals surface area contributed by atoms with E-state index in [0.717, 1.165) is 15.3 Å². The van der Waals surface area contributed by atoms with Crippen LogP contribution in [-0.4, -0.2) is 41.8 Å². The summed E-state index contributed by atoms with van der Waals surface area (Å²) < 4.78 is 27.9. The smallest absolute Gasteiger partial charge is 0.243 e. The Morgan fingerprint density at radius 1 is 1.19 bits per heavy atom. The van der Waals surface area contributed by atoms with E-state index in [1.165, 1.54) is 31.3 Å². The fourth-order valence-electron chi connectivity index (χ4n) is 2.66. The summed E-state index contributed by atoms with van der Waals surface area (Å²) in [6.45, 7) is -0.0895. The van der Waals surface area contributed by atoms with E-state index in [-0.39, 0.29) is 18.0 Å². The summed E-state index contributed by atoms with van der Waals surface area (Å²) in [5, 5.41) is 3.16. The lowest BCUT2D eigenvalue weighted by atomic mass is 10.3. The van der Waals surface area contributed by atoms with Crippen molar-refractivity contribution in [1.29, 1.82) is 0 Å². The summed E-state index contributed by atoms with van der Waals surface area (Å²) in [6.07, 6.45) is 0. The van der Waals surface area contributed by atoms with Gasteiger partial charge in [0.25, 0.3) is 0 Å². The van der Waals surface area contributed by atoms with Crippen LogP contribution in [0, 0.1) is 0 Å². The summed E-state index contributed by atoms with van der Waals surface area (Å²) in [4.78, 5) is 16.8. The molecule has 0 fully saturated rings. The van der Waals surface area contributed by atoms with Crippen LogP contribution in [0.1, 0.15) is 5.82 Å². The van der Waals surface area contributed by atoms with Crippen molar-refractivity contribution < 1.29 is 13.2 Å². The Bertz CT molecular complexity index is 1080. The fourth-order valence-corrected chi connectivity index (χ4v) is 3.91. The Kier molecular flexibility index (Phi) is 5.50. The van der Waals surface area contributed by atoms with Crippen LogP contribution in [0.25, 0.3) is 11.0 Å². The topological polar surface area (TPSA) is 84.3 Å². The molecule has 1 amide bonds. The van der Waals surface area contributed by atoms with E-state index in [1.807, 2.05) is 35.9 Å². The third kappa shape index (κ3) is 4.13. The molecule has 0 bridgehead atoms. The minimum absolute atomic E-state index is 0.0811. The summed E-state index contributed by atoms with van der Waals surface area (Å²) in [7, 11) is -0.541. The molecule has 2 aromatic carbocycles. The Morgan fingerprint density at radius 2 is 1.85 bits per heavy atom. The molecule has 0 saturated carbocycles. The molecule has 9 heteroatoms. The number of aryl methyl sites for hydroxylation is 1. The van der Waals surface area contributed by atoms with Crippen LogP contribution in [-0.2, 0) is 28.4 Å². The zero-order chi connectivity index (χ0) is 19.6. The molecule has 0 atom stereocenters. The number of fused-ring (bicyclic) bond motifs is 1. The van der Waals surface area contributed by atoms with Crippen LogP contribution in [0.2, 0.25) is 5.02 Å². The van der Waals surface area contributed by atoms with Gasteiger partial charge in [-0.05, 0) is 36.4 Å². The van der Waals surface area contributed by atoms with Crippen LogP contribution >= 0.6 is 11.6 Å². The Hall–Kier alpha value is -2.42. The lowest BCUT2D eigenvalue weighted by Gasteiger charge is -2.17. The zero-order valence-electron chi connectivity index (χ0n) is 14.9. The lowest BCUT2D eigenvalue weighted by molar-refractivity contribution is -0.121. The molecule has 142 valence electrons. The maximum Gasteiger partial charge on any atom is 0.243 e. The number of carbonyl (C=O) groups excluding carboxylic acids is 1. The van der Waals surface area contributed by atoms with E-state index in [4.69, 9.17) is 11.6 Å². The molecule has 3 rings (SSSR count). The van der Waals surface area contributed by atoms with Crippen molar-refractivity contribution >= 4 is 38.6 Å². The van der Waals surface area contributed by atoms with Gasteiger partial charge in [-0.25, -0.2) is 13.4 Å². The van der Waals surface area contributed by atoms with Gasteiger partial charge in [0, 0.05) is 19.1 Å². The van der Waals surface area contributed by atoms with Crippen molar-refractivity contribution in [3.05, 3.63) is 59.4 Å². The summed E-state index contributed by atoms with van der Waals surface area (Å²) in [5.74, 6) is 0.273. The summed E-state index contributed by atoms with van der Waals surface area (Å²) in [5.41, 5.74) is 1.80. The molecule has 0 aliphatic carbocycles. The van der Waals surface area contributed by atoms with Gasteiger partial charge in [-0.15, -0.1) is 0 Å². The quantitative estimate of drug-likeness (QED) is 0.679. The monoisotopic (exact) mass is 406 g/mol. The van der Waals surface area contributed by atoms with Crippen molar-refractivity contribution in [3.63, 3.8) is 0 Å². The van der Waals surface area contributed by atoms with Crippen molar-refractivity contribution in [2.75, 3.05) is 13.6 Å². The normalized spacial score (nSPS) is 11.9. The highest BCUT2D eigenvalue weighted by Gasteiger charge is 2.23. The van der Waals surface area contributed by atoms with Gasteiger partial charge in [0.05, 0.1) is 29.0 Å². The van der Waals surface area contributed by atoms with Gasteiger partial charge in [-0.2, -0.15) is 4.31 Å². The molecule has 0 unspecified atom stereocenters. The number of benzene rings is 2. The lowest BCUT2D eigenvalue weighted by Crippen LogP contribution is -2.38. The number of carbonyl (C=O) groups is 1. The van der Waals surface area contributed by atoms with Crippen LogP contribution in [0.4, 0.5) is 0 Å². The second-order valence-corrected chi connectivity index (χ2v) is 8.55. The Balaban J connectivity index is 1.64. The fraction of sp³-hybridized carbons (Fsp3) is 0.222. The number of likely N-dealkylation sites (N-methyl/N-ethyl adjacent to an activating group) is 1. The largest absolute Gasteiger partial charge is 0.348 e. The highest BCUT2D eigenvalue weighted by Crippen LogP contribution is 2.17. The van der Waals surface area contributed by atoms with E-state index in [0.29, 0.717) is 10.8 Å². The van der Waals surface area contributed by atoms with Gasteiger partial charge in [-0.3, -0.25) is 4.79 Å². The number of hydrogen-bond donors (Lipinski definition) is 1. The molecule has 1 N–H and O–H groups in total. The predicted octanol–water partition coefficient (Wildman–Crippen LogP) is 2.16. The van der Waals surface area contributed by atoms with Crippen LogP contribution in [0.5, 0.6) is 0 Å². The standard InChI is InChI=1S/C18H19ClN4O3S/c1-22(27(25,26)14-9-7-13(19)8-10-14)12-18(24)20-11-17-21-15-5-3-4-6-16(15)23(17)2/h3-10H,11-12H2,1-2H3,(H,20,24). The first kappa shape index (κ1) is 19.3. The maximum absolute atomic E-state index is 12.5. The second-order valence-electron chi connectivity index (χ2n) is 6.07. The first-order chi connectivity index (χ1) is 12.8. The van der Waals surface area contributed by atoms with Gasteiger partial charge >= 0.3 is 0 Å². The molecular formula is C18H19ClN4O3S. The first-order valence-electron chi connectivity index (χ1n) is 8.18. The highest BCUT2D eigenvalue weighted by atomic mass is 35.5. The van der Waals surface area contributed by atoms with E-state index < -0.39 is 15.9 Å². The molecule has 1 aromatic heterocycles. The van der Waals surface area contributed by atoms with Crippen molar-refractivity contribution in [2.45, 2.75) is 11.4 Å². The number of halogens is 1. The van der Waals surface area contributed by atoms with Crippen LogP contribution < -0.4 is 5.32 Å². The first-order valence-corrected chi connectivity index (χ1v) is 10.00. The van der Waals surface area contributed by atoms with Crippen LogP contribution in [0.15, 0.2) is 53.4 Å². The average Bonchev–Trinajstić information content (AvgIpc) is 2.96. The van der Waals surface area contributed by atoms with Gasteiger partial charge in [0.15, 0.2) is 0 Å². The maximum atomic E-state index is 12.5. The number of para-hydroxylation sites is 2. The molecule has 1 heterocycles. The van der Waals surface area contributed by atoms with E-state index in [9.17, 15) is 13.2 Å². The van der Waals surface area contributed by atoms with Crippen molar-refractivity contribution in [1.82, 2.24) is 19.2 Å². The van der Waals surface area contributed by atoms with E-state index in [2.05, 4.69) is 10.3 Å². The van der Waals surface area contributed by atoms with Gasteiger partial charge in [-0.1, -0.05) is 23.7 Å². The number of amides is 1. The molecule has 0 spiro atoms. The SMILES string of the molecule is CN(CC(=O)NCc1nc2ccccc2n1C)S(=O)(=O)c1ccc(Cl)cc1. The van der Waals surface area contributed by atoms with Gasteiger partial charge in [0.1, 0.15) is 5.82 Å². The number of aromatic nitrogens is 2. The third-order valence-corrected chi connectivity index (χ3v) is 6.28. The average molecular weight is 407 g/mol. The molecule has 0 aliphatic heterocycles. The number of imidazole rings is 1. The second kappa shape index (κ2) is 7.67. The molecule has 7 nitrogen and oxygen atoms in total. The molecule has 0 radical (unpaired) electrons. The summed E-state index contributed by atoms with van der Waals surface area (Å²) in [6, 6.07) is 13.5. The van der Waals surface area contributed by atoms with Gasteiger partial charge < -0.3 is 9.88 Å². The number of nitrogens with zero attached hydrogens (tertiary/aromatic N) is 3. The molecule has 3 aromatic rings. The van der Waals surface area contributed by atoms with Crippen molar-refractivity contribution in [2.24, 2.45) is 7.05 Å². The van der Waals surface area contributed by atoms with Gasteiger partial charge in [0.2, 0.25) is 15.9 Å². The minimum Gasteiger partial charge on any atom is -0.348 e. The highest BCUT2D eigenvalue weighted by molar-refractivity contribution is 7.89. The van der Waals surface area contributed by atoms with E-state index >= 15 is 0 Å². The molecule has 0 aliphatic rings. The molecule has 0 saturated heterocycles.